The number of aromatic nitrogens is 2. The number of halogens is 1. The van der Waals surface area contributed by atoms with Gasteiger partial charge in [-0.3, -0.25) is 0 Å². The van der Waals surface area contributed by atoms with Crippen molar-refractivity contribution in [2.75, 3.05) is 31.4 Å². The molecule has 0 saturated carbocycles. The summed E-state index contributed by atoms with van der Waals surface area (Å²) < 4.78 is 24.2. The van der Waals surface area contributed by atoms with Crippen molar-refractivity contribution < 1.29 is 13.9 Å². The highest BCUT2D eigenvalue weighted by molar-refractivity contribution is 5.61. The van der Waals surface area contributed by atoms with Crippen LogP contribution in [0.25, 0.3) is 0 Å². The number of anilines is 3. The van der Waals surface area contributed by atoms with Crippen LogP contribution in [0.4, 0.5) is 21.8 Å². The van der Waals surface area contributed by atoms with Crippen LogP contribution in [0.15, 0.2) is 54.7 Å². The van der Waals surface area contributed by atoms with Gasteiger partial charge in [-0.25, -0.2) is 9.37 Å². The second kappa shape index (κ2) is 8.84. The molecule has 0 spiro atoms. The van der Waals surface area contributed by atoms with Gasteiger partial charge in [0.25, 0.3) is 0 Å². The summed E-state index contributed by atoms with van der Waals surface area (Å²) in [5.74, 6) is 2.17. The molecule has 0 saturated heterocycles. The summed E-state index contributed by atoms with van der Waals surface area (Å²) in [6.45, 7) is 0.529. The normalized spacial score (nSPS) is 10.3. The van der Waals surface area contributed by atoms with Crippen LogP contribution in [0.3, 0.4) is 0 Å². The number of rotatable bonds is 8. The highest BCUT2D eigenvalue weighted by atomic mass is 19.1. The first-order chi connectivity index (χ1) is 13.2. The fourth-order valence-electron chi connectivity index (χ4n) is 2.59. The zero-order chi connectivity index (χ0) is 19.1. The lowest BCUT2D eigenvalue weighted by Crippen LogP contribution is -2.09. The third-order valence-electron chi connectivity index (χ3n) is 3.95. The van der Waals surface area contributed by atoms with Crippen molar-refractivity contribution in [2.24, 2.45) is 0 Å². The molecule has 0 radical (unpaired) electrons. The first-order valence-corrected chi connectivity index (χ1v) is 8.49. The average molecular weight is 368 g/mol. The van der Waals surface area contributed by atoms with Crippen molar-refractivity contribution in [2.45, 2.75) is 6.42 Å². The molecule has 2 N–H and O–H groups in total. The van der Waals surface area contributed by atoms with Crippen LogP contribution in [0.5, 0.6) is 11.5 Å². The van der Waals surface area contributed by atoms with E-state index in [1.54, 1.807) is 38.6 Å². The van der Waals surface area contributed by atoms with E-state index in [0.29, 0.717) is 41.8 Å². The molecule has 0 atom stereocenters. The Kier molecular flexibility index (Phi) is 6.04. The van der Waals surface area contributed by atoms with Gasteiger partial charge in [-0.15, -0.1) is 0 Å². The lowest BCUT2D eigenvalue weighted by atomic mass is 10.1. The van der Waals surface area contributed by atoms with Gasteiger partial charge in [0.1, 0.15) is 11.6 Å². The van der Waals surface area contributed by atoms with E-state index in [2.05, 4.69) is 20.6 Å². The van der Waals surface area contributed by atoms with Gasteiger partial charge < -0.3 is 20.1 Å². The summed E-state index contributed by atoms with van der Waals surface area (Å²) in [5.41, 5.74) is 1.47. The van der Waals surface area contributed by atoms with Gasteiger partial charge in [-0.05, 0) is 36.2 Å². The fourth-order valence-corrected chi connectivity index (χ4v) is 2.59. The van der Waals surface area contributed by atoms with Crippen LogP contribution in [-0.2, 0) is 6.42 Å². The minimum Gasteiger partial charge on any atom is -0.493 e. The zero-order valence-electron chi connectivity index (χ0n) is 15.2. The van der Waals surface area contributed by atoms with E-state index in [1.165, 1.54) is 6.07 Å². The standard InChI is InChI=1S/C20H21FN4O2/c1-26-17-8-7-15(13-18(17)27-2)24-19-10-12-23-20(25-19)22-11-9-14-5-3-4-6-16(14)21/h3-8,10,12-13H,9,11H2,1-2H3,(H2,22,23,24,25). The predicted octanol–water partition coefficient (Wildman–Crippen LogP) is 4.03. The van der Waals surface area contributed by atoms with E-state index in [1.807, 2.05) is 24.3 Å². The van der Waals surface area contributed by atoms with Crippen LogP contribution < -0.4 is 20.1 Å². The average Bonchev–Trinajstić information content (AvgIpc) is 2.69. The van der Waals surface area contributed by atoms with Crippen molar-refractivity contribution in [3.63, 3.8) is 0 Å². The topological polar surface area (TPSA) is 68.3 Å². The van der Waals surface area contributed by atoms with E-state index in [0.717, 1.165) is 5.69 Å². The van der Waals surface area contributed by atoms with Crippen LogP contribution in [0.2, 0.25) is 0 Å². The number of hydrogen-bond acceptors (Lipinski definition) is 6. The molecule has 0 unspecified atom stereocenters. The number of nitrogens with zero attached hydrogens (tertiary/aromatic N) is 2. The van der Waals surface area contributed by atoms with Gasteiger partial charge in [0, 0.05) is 24.5 Å². The Hall–Kier alpha value is -3.35. The lowest BCUT2D eigenvalue weighted by Gasteiger charge is -2.11. The maximum absolute atomic E-state index is 13.6. The third-order valence-corrected chi connectivity index (χ3v) is 3.95. The van der Waals surface area contributed by atoms with Crippen LogP contribution in [-0.4, -0.2) is 30.7 Å². The zero-order valence-corrected chi connectivity index (χ0v) is 15.2. The molecular weight excluding hydrogens is 347 g/mol. The van der Waals surface area contributed by atoms with Crippen molar-refractivity contribution >= 4 is 17.5 Å². The quantitative estimate of drug-likeness (QED) is 0.626. The van der Waals surface area contributed by atoms with Crippen LogP contribution >= 0.6 is 0 Å². The highest BCUT2D eigenvalue weighted by Crippen LogP contribution is 2.30. The monoisotopic (exact) mass is 368 g/mol. The Bertz CT molecular complexity index is 905. The molecule has 27 heavy (non-hydrogen) atoms. The summed E-state index contributed by atoms with van der Waals surface area (Å²) in [5, 5.41) is 6.31. The summed E-state index contributed by atoms with van der Waals surface area (Å²) in [4.78, 5) is 8.62. The van der Waals surface area contributed by atoms with Crippen molar-refractivity contribution in [1.29, 1.82) is 0 Å². The molecule has 2 aromatic carbocycles. The Morgan fingerprint density at radius 1 is 1.00 bits per heavy atom. The molecule has 0 amide bonds. The summed E-state index contributed by atoms with van der Waals surface area (Å²) >= 11 is 0. The van der Waals surface area contributed by atoms with Crippen molar-refractivity contribution in [3.05, 3.63) is 66.1 Å². The van der Waals surface area contributed by atoms with Crippen LogP contribution in [0.1, 0.15) is 5.56 Å². The Morgan fingerprint density at radius 2 is 1.81 bits per heavy atom. The molecule has 6 nitrogen and oxygen atoms in total. The molecule has 0 fully saturated rings. The van der Waals surface area contributed by atoms with Gasteiger partial charge >= 0.3 is 0 Å². The first kappa shape index (κ1) is 18.4. The van der Waals surface area contributed by atoms with Gasteiger partial charge in [0.05, 0.1) is 14.2 Å². The van der Waals surface area contributed by atoms with Gasteiger partial charge in [0.2, 0.25) is 5.95 Å². The minimum atomic E-state index is -0.205. The maximum Gasteiger partial charge on any atom is 0.224 e. The second-order valence-corrected chi connectivity index (χ2v) is 5.73. The fraction of sp³-hybridized carbons (Fsp3) is 0.200. The van der Waals surface area contributed by atoms with Crippen LogP contribution in [0, 0.1) is 5.82 Å². The smallest absolute Gasteiger partial charge is 0.224 e. The summed E-state index contributed by atoms with van der Waals surface area (Å²) in [6, 6.07) is 14.0. The summed E-state index contributed by atoms with van der Waals surface area (Å²) in [6.07, 6.45) is 2.20. The molecule has 0 aliphatic carbocycles. The number of benzene rings is 2. The van der Waals surface area contributed by atoms with Crippen molar-refractivity contribution in [3.8, 4) is 11.5 Å². The molecule has 7 heteroatoms. The number of ether oxygens (including phenoxy) is 2. The molecule has 0 aliphatic heterocycles. The lowest BCUT2D eigenvalue weighted by molar-refractivity contribution is 0.355. The molecule has 1 heterocycles. The SMILES string of the molecule is COc1ccc(Nc2ccnc(NCCc3ccccc3F)n2)cc1OC. The largest absolute Gasteiger partial charge is 0.493 e. The first-order valence-electron chi connectivity index (χ1n) is 8.49. The number of nitrogens with one attached hydrogen (secondary N) is 2. The van der Waals surface area contributed by atoms with E-state index in [-0.39, 0.29) is 5.82 Å². The molecule has 3 aromatic rings. The van der Waals surface area contributed by atoms with E-state index >= 15 is 0 Å². The van der Waals surface area contributed by atoms with E-state index in [4.69, 9.17) is 9.47 Å². The Morgan fingerprint density at radius 3 is 2.59 bits per heavy atom. The van der Waals surface area contributed by atoms with E-state index in [9.17, 15) is 4.39 Å². The molecule has 140 valence electrons. The number of hydrogen-bond donors (Lipinski definition) is 2. The van der Waals surface area contributed by atoms with E-state index < -0.39 is 0 Å². The Labute approximate surface area is 157 Å². The number of methoxy groups -OCH3 is 2. The van der Waals surface area contributed by atoms with Gasteiger partial charge in [-0.1, -0.05) is 18.2 Å². The minimum absolute atomic E-state index is 0.205. The highest BCUT2D eigenvalue weighted by Gasteiger charge is 2.06. The molecule has 1 aromatic heterocycles. The Balaban J connectivity index is 1.63. The molecule has 3 rings (SSSR count). The van der Waals surface area contributed by atoms with Gasteiger partial charge in [0.15, 0.2) is 11.5 Å². The maximum atomic E-state index is 13.6. The van der Waals surface area contributed by atoms with Crippen molar-refractivity contribution in [1.82, 2.24) is 9.97 Å². The predicted molar refractivity (Wildman–Crippen MR) is 103 cm³/mol. The third kappa shape index (κ3) is 4.84. The molecule has 0 bridgehead atoms. The van der Waals surface area contributed by atoms with Gasteiger partial charge in [-0.2, -0.15) is 4.98 Å². The molecular formula is C20H21FN4O2. The molecule has 0 aliphatic rings. The second-order valence-electron chi connectivity index (χ2n) is 5.73. The summed E-state index contributed by atoms with van der Waals surface area (Å²) in [7, 11) is 3.18.